The van der Waals surface area contributed by atoms with E-state index >= 15 is 0 Å². The van der Waals surface area contributed by atoms with Gasteiger partial charge in [0, 0.05) is 17.8 Å². The first-order valence-electron chi connectivity index (χ1n) is 6.07. The summed E-state index contributed by atoms with van der Waals surface area (Å²) in [6.07, 6.45) is 0. The first kappa shape index (κ1) is 16.7. The van der Waals surface area contributed by atoms with Gasteiger partial charge in [-0.25, -0.2) is 4.79 Å². The third-order valence-electron chi connectivity index (χ3n) is 2.87. The number of non-ortho nitro benzene ring substituents is 1. The second-order valence-electron chi connectivity index (χ2n) is 4.38. The van der Waals surface area contributed by atoms with Gasteiger partial charge in [-0.15, -0.1) is 0 Å². The molecule has 0 aliphatic carbocycles. The number of benzene rings is 2. The second-order valence-corrected chi connectivity index (χ2v) is 5.19. The molecular weight excluding hydrogens is 347 g/mol. The Morgan fingerprint density at radius 2 is 1.65 bits per heavy atom. The number of carboxylic acid groups (broad SMARTS) is 1. The van der Waals surface area contributed by atoms with Gasteiger partial charge in [-0.05, 0) is 24.3 Å². The maximum atomic E-state index is 12.1. The van der Waals surface area contributed by atoms with Crippen molar-refractivity contribution in [3.05, 3.63) is 67.7 Å². The molecule has 2 aromatic carbocycles. The number of rotatable bonds is 4. The molecule has 2 rings (SSSR count). The Kier molecular flexibility index (Phi) is 4.83. The zero-order valence-electron chi connectivity index (χ0n) is 11.2. The SMILES string of the molecule is O=C(O)c1ccc(NC(=O)c2ccc([N+](=O)[O-])cc2Cl)cc1Cl. The molecule has 0 saturated carbocycles. The zero-order valence-corrected chi connectivity index (χ0v) is 12.8. The number of aromatic carboxylic acids is 1. The molecule has 0 spiro atoms. The number of carbonyl (C=O) groups excluding carboxylic acids is 1. The van der Waals surface area contributed by atoms with Crippen LogP contribution in [0.25, 0.3) is 0 Å². The predicted octanol–water partition coefficient (Wildman–Crippen LogP) is 3.85. The Labute approximate surface area is 139 Å². The van der Waals surface area contributed by atoms with Crippen molar-refractivity contribution >= 4 is 46.5 Å². The normalized spacial score (nSPS) is 10.2. The fourth-order valence-electron chi connectivity index (χ4n) is 1.77. The molecule has 7 nitrogen and oxygen atoms in total. The molecule has 0 radical (unpaired) electrons. The van der Waals surface area contributed by atoms with Crippen molar-refractivity contribution in [2.24, 2.45) is 0 Å². The first-order chi connectivity index (χ1) is 10.8. The Balaban J connectivity index is 2.24. The molecule has 0 saturated heterocycles. The summed E-state index contributed by atoms with van der Waals surface area (Å²) in [6, 6.07) is 7.34. The maximum Gasteiger partial charge on any atom is 0.337 e. The second kappa shape index (κ2) is 6.64. The lowest BCUT2D eigenvalue weighted by Gasteiger charge is -2.08. The molecule has 118 valence electrons. The third kappa shape index (κ3) is 3.77. The standard InChI is InChI=1S/C14H8Cl2N2O5/c15-11-5-7(1-3-10(11)14(20)21)17-13(19)9-4-2-8(18(22)23)6-12(9)16/h1-6H,(H,17,19)(H,20,21). The van der Waals surface area contributed by atoms with E-state index in [1.54, 1.807) is 0 Å². The minimum absolute atomic E-state index is 0.0369. The summed E-state index contributed by atoms with van der Waals surface area (Å²) in [5.41, 5.74) is -0.0337. The Hall–Kier alpha value is -2.64. The summed E-state index contributed by atoms with van der Waals surface area (Å²) >= 11 is 11.7. The summed E-state index contributed by atoms with van der Waals surface area (Å²) in [5.74, 6) is -1.80. The number of anilines is 1. The topological polar surface area (TPSA) is 110 Å². The number of hydrogen-bond donors (Lipinski definition) is 2. The van der Waals surface area contributed by atoms with E-state index in [4.69, 9.17) is 28.3 Å². The van der Waals surface area contributed by atoms with Crippen LogP contribution in [0.4, 0.5) is 11.4 Å². The fourth-order valence-corrected chi connectivity index (χ4v) is 2.29. The molecule has 0 aromatic heterocycles. The molecule has 0 bridgehead atoms. The monoisotopic (exact) mass is 354 g/mol. The Morgan fingerprint density at radius 3 is 2.17 bits per heavy atom. The number of amides is 1. The summed E-state index contributed by atoms with van der Waals surface area (Å²) in [4.78, 5) is 33.0. The lowest BCUT2D eigenvalue weighted by atomic mass is 10.1. The molecule has 0 heterocycles. The average molecular weight is 355 g/mol. The van der Waals surface area contributed by atoms with E-state index in [1.807, 2.05) is 0 Å². The molecule has 23 heavy (non-hydrogen) atoms. The average Bonchev–Trinajstić information content (AvgIpc) is 2.46. The van der Waals surface area contributed by atoms with Gasteiger partial charge in [-0.1, -0.05) is 23.2 Å². The summed E-state index contributed by atoms with van der Waals surface area (Å²) in [7, 11) is 0. The number of hydrogen-bond acceptors (Lipinski definition) is 4. The van der Waals surface area contributed by atoms with Gasteiger partial charge in [-0.2, -0.15) is 0 Å². The van der Waals surface area contributed by atoms with Gasteiger partial charge in [-0.3, -0.25) is 14.9 Å². The number of carbonyl (C=O) groups is 2. The number of nitro groups is 1. The van der Waals surface area contributed by atoms with E-state index < -0.39 is 16.8 Å². The van der Waals surface area contributed by atoms with Gasteiger partial charge in [0.05, 0.1) is 26.1 Å². The van der Waals surface area contributed by atoms with E-state index in [0.29, 0.717) is 0 Å². The van der Waals surface area contributed by atoms with Crippen molar-refractivity contribution in [3.8, 4) is 0 Å². The highest BCUT2D eigenvalue weighted by Crippen LogP contribution is 2.25. The Morgan fingerprint density at radius 1 is 1.04 bits per heavy atom. The van der Waals surface area contributed by atoms with Crippen LogP contribution in [-0.4, -0.2) is 21.9 Å². The molecule has 1 amide bonds. The van der Waals surface area contributed by atoms with Crippen molar-refractivity contribution in [3.63, 3.8) is 0 Å². The van der Waals surface area contributed by atoms with Crippen LogP contribution < -0.4 is 5.32 Å². The molecule has 0 atom stereocenters. The maximum absolute atomic E-state index is 12.1. The van der Waals surface area contributed by atoms with E-state index in [2.05, 4.69) is 5.32 Å². The van der Waals surface area contributed by atoms with Crippen LogP contribution in [0.5, 0.6) is 0 Å². The van der Waals surface area contributed by atoms with Crippen LogP contribution in [0, 0.1) is 10.1 Å². The van der Waals surface area contributed by atoms with Crippen molar-refractivity contribution in [2.45, 2.75) is 0 Å². The molecular formula is C14H8Cl2N2O5. The molecule has 9 heteroatoms. The van der Waals surface area contributed by atoms with Crippen LogP contribution in [0.15, 0.2) is 36.4 Å². The molecule has 2 N–H and O–H groups in total. The smallest absolute Gasteiger partial charge is 0.337 e. The van der Waals surface area contributed by atoms with E-state index in [1.165, 1.54) is 24.3 Å². The van der Waals surface area contributed by atoms with Gasteiger partial charge < -0.3 is 10.4 Å². The largest absolute Gasteiger partial charge is 0.478 e. The third-order valence-corrected chi connectivity index (χ3v) is 3.49. The van der Waals surface area contributed by atoms with Gasteiger partial charge >= 0.3 is 5.97 Å². The number of nitro benzene ring substituents is 1. The number of nitrogens with zero attached hydrogens (tertiary/aromatic N) is 1. The van der Waals surface area contributed by atoms with E-state index in [0.717, 1.165) is 12.1 Å². The highest BCUT2D eigenvalue weighted by molar-refractivity contribution is 6.35. The van der Waals surface area contributed by atoms with Crippen LogP contribution in [0.3, 0.4) is 0 Å². The first-order valence-corrected chi connectivity index (χ1v) is 6.83. The van der Waals surface area contributed by atoms with Gasteiger partial charge in [0.2, 0.25) is 0 Å². The molecule has 0 aliphatic rings. The van der Waals surface area contributed by atoms with Crippen molar-refractivity contribution in [1.29, 1.82) is 0 Å². The van der Waals surface area contributed by atoms with Crippen LogP contribution in [-0.2, 0) is 0 Å². The minimum Gasteiger partial charge on any atom is -0.478 e. The van der Waals surface area contributed by atoms with Gasteiger partial charge in [0.1, 0.15) is 0 Å². The van der Waals surface area contributed by atoms with E-state index in [9.17, 15) is 19.7 Å². The predicted molar refractivity (Wildman–Crippen MR) is 84.5 cm³/mol. The molecule has 0 aliphatic heterocycles. The van der Waals surface area contributed by atoms with Crippen LogP contribution in [0.2, 0.25) is 10.0 Å². The van der Waals surface area contributed by atoms with Crippen LogP contribution >= 0.6 is 23.2 Å². The minimum atomic E-state index is -1.19. The zero-order chi connectivity index (χ0) is 17.1. The number of nitrogens with one attached hydrogen (secondary N) is 1. The number of carboxylic acids is 1. The van der Waals surface area contributed by atoms with Gasteiger partial charge in [0.15, 0.2) is 0 Å². The van der Waals surface area contributed by atoms with Crippen molar-refractivity contribution in [1.82, 2.24) is 0 Å². The molecule has 0 unspecified atom stereocenters. The summed E-state index contributed by atoms with van der Waals surface area (Å²) < 4.78 is 0. The quantitative estimate of drug-likeness (QED) is 0.639. The summed E-state index contributed by atoms with van der Waals surface area (Å²) in [6.45, 7) is 0. The van der Waals surface area contributed by atoms with Crippen molar-refractivity contribution < 1.29 is 19.6 Å². The highest BCUT2D eigenvalue weighted by Gasteiger charge is 2.16. The van der Waals surface area contributed by atoms with E-state index in [-0.39, 0.29) is 32.5 Å². The Bertz CT molecular complexity index is 823. The molecule has 2 aromatic rings. The summed E-state index contributed by atoms with van der Waals surface area (Å²) in [5, 5.41) is 21.9. The van der Waals surface area contributed by atoms with Crippen molar-refractivity contribution in [2.75, 3.05) is 5.32 Å². The lowest BCUT2D eigenvalue weighted by Crippen LogP contribution is -2.13. The molecule has 0 fully saturated rings. The van der Waals surface area contributed by atoms with Gasteiger partial charge in [0.25, 0.3) is 11.6 Å². The number of halogens is 2. The fraction of sp³-hybridized carbons (Fsp3) is 0. The lowest BCUT2D eigenvalue weighted by molar-refractivity contribution is -0.384. The highest BCUT2D eigenvalue weighted by atomic mass is 35.5. The van der Waals surface area contributed by atoms with Crippen LogP contribution in [0.1, 0.15) is 20.7 Å².